The third-order valence-corrected chi connectivity index (χ3v) is 3.45. The van der Waals surface area contributed by atoms with E-state index in [9.17, 15) is 10.1 Å². The van der Waals surface area contributed by atoms with Crippen molar-refractivity contribution < 1.29 is 9.53 Å². The summed E-state index contributed by atoms with van der Waals surface area (Å²) in [5, 5.41) is 9.26. The Morgan fingerprint density at radius 3 is 2.32 bits per heavy atom. The lowest BCUT2D eigenvalue weighted by Gasteiger charge is -2.23. The first-order valence-electron chi connectivity index (χ1n) is 8.00. The van der Waals surface area contributed by atoms with Crippen LogP contribution in [0.1, 0.15) is 38.7 Å². The van der Waals surface area contributed by atoms with Gasteiger partial charge in [0, 0.05) is 19.5 Å². The van der Waals surface area contributed by atoms with Crippen molar-refractivity contribution in [1.82, 2.24) is 4.90 Å². The number of ether oxygens (including phenoxy) is 1. The predicted octanol–water partition coefficient (Wildman–Crippen LogP) is 3.55. The molecule has 0 saturated heterocycles. The van der Waals surface area contributed by atoms with Crippen molar-refractivity contribution in [3.63, 3.8) is 0 Å². The van der Waals surface area contributed by atoms with Crippen molar-refractivity contribution in [2.75, 3.05) is 19.7 Å². The molecular weight excluding hydrogens is 276 g/mol. The van der Waals surface area contributed by atoms with Gasteiger partial charge >= 0.3 is 0 Å². The Labute approximate surface area is 133 Å². The average Bonchev–Trinajstić information content (AvgIpc) is 2.52. The van der Waals surface area contributed by atoms with Gasteiger partial charge < -0.3 is 9.64 Å². The Kier molecular flexibility index (Phi) is 8.06. The highest BCUT2D eigenvalue weighted by atomic mass is 16.5. The number of benzene rings is 1. The zero-order valence-electron chi connectivity index (χ0n) is 13.8. The smallest absolute Gasteiger partial charge is 0.240 e. The van der Waals surface area contributed by atoms with Gasteiger partial charge in [0.25, 0.3) is 0 Å². The third-order valence-electron chi connectivity index (χ3n) is 3.45. The van der Waals surface area contributed by atoms with Crippen LogP contribution in [0.15, 0.2) is 24.3 Å². The molecule has 0 saturated carbocycles. The molecule has 1 rings (SSSR count). The molecule has 0 fully saturated rings. The fraction of sp³-hybridized carbons (Fsp3) is 0.556. The number of nitriles is 1. The number of amides is 1. The largest absolute Gasteiger partial charge is 0.494 e. The Morgan fingerprint density at radius 1 is 1.23 bits per heavy atom. The topological polar surface area (TPSA) is 53.3 Å². The van der Waals surface area contributed by atoms with Gasteiger partial charge in [-0.05, 0) is 31.9 Å². The second-order valence-corrected chi connectivity index (χ2v) is 5.46. The Balaban J connectivity index is 2.51. The normalized spacial score (nSPS) is 11.5. The van der Waals surface area contributed by atoms with Crippen LogP contribution in [0.2, 0.25) is 0 Å². The van der Waals surface area contributed by atoms with Crippen molar-refractivity contribution in [1.29, 1.82) is 5.26 Å². The highest BCUT2D eigenvalue weighted by molar-refractivity contribution is 5.81. The molecule has 0 aromatic heterocycles. The lowest BCUT2D eigenvalue weighted by molar-refractivity contribution is -0.134. The molecule has 0 heterocycles. The summed E-state index contributed by atoms with van der Waals surface area (Å²) in [6, 6.07) is 9.88. The zero-order valence-corrected chi connectivity index (χ0v) is 13.8. The molecule has 120 valence electrons. The number of carbonyl (C=O) groups is 1. The zero-order chi connectivity index (χ0) is 16.4. The lowest BCUT2D eigenvalue weighted by atomic mass is 10.1. The predicted molar refractivity (Wildman–Crippen MR) is 87.6 cm³/mol. The fourth-order valence-electron chi connectivity index (χ4n) is 2.26. The summed E-state index contributed by atoms with van der Waals surface area (Å²) in [7, 11) is 0. The number of rotatable bonds is 9. The summed E-state index contributed by atoms with van der Waals surface area (Å²) in [6.45, 7) is 7.90. The van der Waals surface area contributed by atoms with E-state index in [4.69, 9.17) is 4.74 Å². The van der Waals surface area contributed by atoms with Gasteiger partial charge in [-0.3, -0.25) is 4.79 Å². The van der Waals surface area contributed by atoms with Gasteiger partial charge in [-0.2, -0.15) is 5.26 Å². The molecule has 4 heteroatoms. The Bertz CT molecular complexity index is 485. The van der Waals surface area contributed by atoms with Crippen LogP contribution >= 0.6 is 0 Å². The SMILES string of the molecule is CCCN(CCC)C(=O)C(C#N)CCOc1ccc(C)cc1. The van der Waals surface area contributed by atoms with E-state index in [-0.39, 0.29) is 5.91 Å². The highest BCUT2D eigenvalue weighted by Gasteiger charge is 2.23. The van der Waals surface area contributed by atoms with Crippen LogP contribution in [0.5, 0.6) is 5.75 Å². The maximum Gasteiger partial charge on any atom is 0.240 e. The molecular formula is C18H26N2O2. The first kappa shape index (κ1) is 18.0. The average molecular weight is 302 g/mol. The summed E-state index contributed by atoms with van der Waals surface area (Å²) in [4.78, 5) is 14.2. The molecule has 1 amide bonds. The fourth-order valence-corrected chi connectivity index (χ4v) is 2.26. The number of hydrogen-bond acceptors (Lipinski definition) is 3. The minimum Gasteiger partial charge on any atom is -0.494 e. The molecule has 1 aromatic carbocycles. The molecule has 0 aliphatic heterocycles. The summed E-state index contributed by atoms with van der Waals surface area (Å²) in [5.74, 6) is 0.0796. The van der Waals surface area contributed by atoms with E-state index in [1.54, 1.807) is 4.90 Å². The van der Waals surface area contributed by atoms with Crippen LogP contribution in [-0.2, 0) is 4.79 Å². The third kappa shape index (κ3) is 5.77. The van der Waals surface area contributed by atoms with Gasteiger partial charge in [0.05, 0.1) is 12.7 Å². The molecule has 0 N–H and O–H groups in total. The Hall–Kier alpha value is -2.02. The molecule has 0 bridgehead atoms. The first-order valence-corrected chi connectivity index (χ1v) is 8.00. The van der Waals surface area contributed by atoms with Crippen molar-refractivity contribution in [3.05, 3.63) is 29.8 Å². The molecule has 0 radical (unpaired) electrons. The van der Waals surface area contributed by atoms with Crippen LogP contribution < -0.4 is 4.74 Å². The first-order chi connectivity index (χ1) is 10.6. The summed E-state index contributed by atoms with van der Waals surface area (Å²) in [6.07, 6.45) is 2.24. The maximum atomic E-state index is 12.4. The number of aryl methyl sites for hydroxylation is 1. The summed E-state index contributed by atoms with van der Waals surface area (Å²) < 4.78 is 5.62. The van der Waals surface area contributed by atoms with E-state index in [1.807, 2.05) is 45.0 Å². The van der Waals surface area contributed by atoms with Crippen molar-refractivity contribution in [3.8, 4) is 11.8 Å². The van der Waals surface area contributed by atoms with Crippen LogP contribution in [0.4, 0.5) is 0 Å². The second kappa shape index (κ2) is 9.83. The number of carbonyl (C=O) groups excluding carboxylic acids is 1. The van der Waals surface area contributed by atoms with Crippen LogP contribution in [0.3, 0.4) is 0 Å². The van der Waals surface area contributed by atoms with Crippen molar-refractivity contribution >= 4 is 5.91 Å². The van der Waals surface area contributed by atoms with E-state index in [2.05, 4.69) is 6.07 Å². The number of hydrogen-bond donors (Lipinski definition) is 0. The summed E-state index contributed by atoms with van der Waals surface area (Å²) in [5.41, 5.74) is 1.17. The molecule has 0 aliphatic carbocycles. The molecule has 0 aliphatic rings. The monoisotopic (exact) mass is 302 g/mol. The van der Waals surface area contributed by atoms with Gasteiger partial charge in [-0.15, -0.1) is 0 Å². The molecule has 1 aromatic rings. The minimum atomic E-state index is -0.622. The highest BCUT2D eigenvalue weighted by Crippen LogP contribution is 2.14. The molecule has 0 spiro atoms. The van der Waals surface area contributed by atoms with Gasteiger partial charge in [0.15, 0.2) is 0 Å². The second-order valence-electron chi connectivity index (χ2n) is 5.46. The van der Waals surface area contributed by atoms with Crippen molar-refractivity contribution in [2.24, 2.45) is 5.92 Å². The van der Waals surface area contributed by atoms with Gasteiger partial charge in [0.1, 0.15) is 11.7 Å². The van der Waals surface area contributed by atoms with Crippen LogP contribution in [0.25, 0.3) is 0 Å². The summed E-state index contributed by atoms with van der Waals surface area (Å²) >= 11 is 0. The van der Waals surface area contributed by atoms with Gasteiger partial charge in [-0.25, -0.2) is 0 Å². The Morgan fingerprint density at radius 2 is 1.82 bits per heavy atom. The van der Waals surface area contributed by atoms with Crippen molar-refractivity contribution in [2.45, 2.75) is 40.0 Å². The lowest BCUT2D eigenvalue weighted by Crippen LogP contribution is -2.37. The number of nitrogens with zero attached hydrogens (tertiary/aromatic N) is 2. The van der Waals surface area contributed by atoms with Gasteiger partial charge in [0.2, 0.25) is 5.91 Å². The maximum absolute atomic E-state index is 12.4. The van der Waals surface area contributed by atoms with Crippen LogP contribution in [-0.4, -0.2) is 30.5 Å². The van der Waals surface area contributed by atoms with E-state index in [0.29, 0.717) is 26.1 Å². The van der Waals surface area contributed by atoms with E-state index in [1.165, 1.54) is 5.56 Å². The molecule has 4 nitrogen and oxygen atoms in total. The molecule has 1 unspecified atom stereocenters. The van der Waals surface area contributed by atoms with Gasteiger partial charge in [-0.1, -0.05) is 31.5 Å². The quantitative estimate of drug-likeness (QED) is 0.701. The van der Waals surface area contributed by atoms with Crippen LogP contribution in [0, 0.1) is 24.2 Å². The van der Waals surface area contributed by atoms with E-state index in [0.717, 1.165) is 18.6 Å². The van der Waals surface area contributed by atoms with E-state index < -0.39 is 5.92 Å². The standard InChI is InChI=1S/C18H26N2O2/c1-4-11-20(12-5-2)18(21)16(14-19)10-13-22-17-8-6-15(3)7-9-17/h6-9,16H,4-5,10-13H2,1-3H3. The van der Waals surface area contributed by atoms with E-state index >= 15 is 0 Å². The molecule has 22 heavy (non-hydrogen) atoms. The minimum absolute atomic E-state index is 0.0706. The molecule has 1 atom stereocenters.